The molecule has 0 bridgehead atoms. The summed E-state index contributed by atoms with van der Waals surface area (Å²) in [5.74, 6) is 1.84. The van der Waals surface area contributed by atoms with Gasteiger partial charge in [-0.05, 0) is 90.3 Å². The first kappa shape index (κ1) is 34.1. The van der Waals surface area contributed by atoms with Crippen LogP contribution >= 0.6 is 0 Å². The highest BCUT2D eigenvalue weighted by Gasteiger charge is 2.19. The second-order valence-corrected chi connectivity index (χ2v) is 14.9. The van der Waals surface area contributed by atoms with Crippen LogP contribution in [0, 0.1) is 18.3 Å². The molecule has 0 N–H and O–H groups in total. The molecule has 0 aliphatic heterocycles. The Hall–Kier alpha value is -8.14. The number of para-hydroxylation sites is 3. The van der Waals surface area contributed by atoms with Crippen molar-refractivity contribution in [3.05, 3.63) is 199 Å². The maximum Gasteiger partial charge on any atom is 0.164 e. The van der Waals surface area contributed by atoms with Gasteiger partial charge in [-0.15, -0.1) is 0 Å². The van der Waals surface area contributed by atoms with E-state index in [0.717, 1.165) is 72.0 Å². The van der Waals surface area contributed by atoms with Crippen molar-refractivity contribution in [2.24, 2.45) is 0 Å². The van der Waals surface area contributed by atoms with Gasteiger partial charge >= 0.3 is 0 Å². The number of rotatable bonds is 6. The molecule has 276 valence electrons. The van der Waals surface area contributed by atoms with Gasteiger partial charge in [0.2, 0.25) is 0 Å². The minimum absolute atomic E-state index is 0.599. The number of benzene rings is 8. The molecule has 0 unspecified atom stereocenters. The van der Waals surface area contributed by atoms with E-state index in [9.17, 15) is 5.26 Å². The van der Waals surface area contributed by atoms with Gasteiger partial charge in [-0.25, -0.2) is 15.0 Å². The lowest BCUT2D eigenvalue weighted by molar-refractivity contribution is 1.07. The first-order valence-corrected chi connectivity index (χ1v) is 19.7. The summed E-state index contributed by atoms with van der Waals surface area (Å²) in [7, 11) is 0. The summed E-state index contributed by atoms with van der Waals surface area (Å²) in [6, 6.07) is 67.3. The molecule has 0 fully saturated rings. The summed E-state index contributed by atoms with van der Waals surface area (Å²) in [4.78, 5) is 15.1. The van der Waals surface area contributed by atoms with Gasteiger partial charge in [0.25, 0.3) is 0 Å². The number of nitrogens with zero attached hydrogens (tertiary/aromatic N) is 6. The smallest absolute Gasteiger partial charge is 0.164 e. The normalized spacial score (nSPS) is 11.5. The second kappa shape index (κ2) is 13.8. The Labute approximate surface area is 340 Å². The van der Waals surface area contributed by atoms with Crippen LogP contribution in [0.4, 0.5) is 0 Å². The van der Waals surface area contributed by atoms with Crippen molar-refractivity contribution in [2.45, 2.75) is 6.92 Å². The molecule has 6 nitrogen and oxygen atoms in total. The van der Waals surface area contributed by atoms with Crippen molar-refractivity contribution in [2.75, 3.05) is 0 Å². The van der Waals surface area contributed by atoms with E-state index >= 15 is 0 Å². The van der Waals surface area contributed by atoms with Crippen molar-refractivity contribution in [3.63, 3.8) is 0 Å². The van der Waals surface area contributed by atoms with Crippen LogP contribution in [0.5, 0.6) is 0 Å². The molecule has 6 heteroatoms. The zero-order chi connectivity index (χ0) is 39.5. The van der Waals surface area contributed by atoms with Gasteiger partial charge in [-0.3, -0.25) is 0 Å². The molecule has 0 radical (unpaired) electrons. The first-order chi connectivity index (χ1) is 29.1. The minimum Gasteiger partial charge on any atom is -0.309 e. The Bertz CT molecular complexity index is 3350. The maximum atomic E-state index is 10.4. The molecule has 8 aromatic carbocycles. The zero-order valence-corrected chi connectivity index (χ0v) is 32.1. The molecule has 0 aliphatic carbocycles. The molecular formula is C53H34N6. The highest BCUT2D eigenvalue weighted by atomic mass is 15.0. The number of hydrogen-bond donors (Lipinski definition) is 0. The molecule has 59 heavy (non-hydrogen) atoms. The van der Waals surface area contributed by atoms with Gasteiger partial charge in [0.15, 0.2) is 17.5 Å². The summed E-state index contributed by atoms with van der Waals surface area (Å²) < 4.78 is 4.62. The lowest BCUT2D eigenvalue weighted by Crippen LogP contribution is -2.00. The van der Waals surface area contributed by atoms with Crippen LogP contribution in [0.1, 0.15) is 11.1 Å². The fraction of sp³-hybridized carbons (Fsp3) is 0.0189. The lowest BCUT2D eigenvalue weighted by atomic mass is 9.99. The Morgan fingerprint density at radius 3 is 1.47 bits per heavy atom. The third kappa shape index (κ3) is 5.76. The van der Waals surface area contributed by atoms with Crippen molar-refractivity contribution < 1.29 is 0 Å². The van der Waals surface area contributed by atoms with Crippen molar-refractivity contribution in [1.29, 1.82) is 5.26 Å². The predicted octanol–water partition coefficient (Wildman–Crippen LogP) is 12.9. The average Bonchev–Trinajstić information content (AvgIpc) is 3.81. The molecule has 0 saturated carbocycles. The summed E-state index contributed by atoms with van der Waals surface area (Å²) >= 11 is 0. The largest absolute Gasteiger partial charge is 0.309 e. The van der Waals surface area contributed by atoms with Gasteiger partial charge in [-0.1, -0.05) is 121 Å². The standard InChI is InChI=1S/C53H34N6/c1-34-14-8-11-21-46(34)59-49-26-24-38(40-28-35(33-54)29-41(30-40)58-47-22-12-9-19-42(47)43-20-10-13-23-48(43)58)31-44(49)45-32-39(25-27-50(45)59)53-56-51(36-15-4-2-5-16-36)55-52(57-53)37-17-6-3-7-18-37/h2-32H,1H3. The Morgan fingerprint density at radius 2 is 0.881 bits per heavy atom. The van der Waals surface area contributed by atoms with E-state index in [-0.39, 0.29) is 0 Å². The van der Waals surface area contributed by atoms with E-state index in [1.807, 2.05) is 72.8 Å². The predicted molar refractivity (Wildman–Crippen MR) is 240 cm³/mol. The van der Waals surface area contributed by atoms with Crippen molar-refractivity contribution in [3.8, 4) is 62.7 Å². The number of aromatic nitrogens is 5. The summed E-state index contributed by atoms with van der Waals surface area (Å²) in [6.45, 7) is 2.15. The molecule has 0 atom stereocenters. The van der Waals surface area contributed by atoms with E-state index < -0.39 is 0 Å². The van der Waals surface area contributed by atoms with E-state index in [4.69, 9.17) is 15.0 Å². The fourth-order valence-electron chi connectivity index (χ4n) is 8.53. The summed E-state index contributed by atoms with van der Waals surface area (Å²) in [5.41, 5.74) is 12.9. The van der Waals surface area contributed by atoms with Gasteiger partial charge < -0.3 is 9.13 Å². The van der Waals surface area contributed by atoms with Crippen LogP contribution in [-0.2, 0) is 0 Å². The number of aryl methyl sites for hydroxylation is 1. The summed E-state index contributed by atoms with van der Waals surface area (Å²) in [5, 5.41) is 14.9. The van der Waals surface area contributed by atoms with E-state index in [1.54, 1.807) is 0 Å². The van der Waals surface area contributed by atoms with Crippen LogP contribution in [0.15, 0.2) is 188 Å². The number of fused-ring (bicyclic) bond motifs is 6. The molecule has 3 aromatic heterocycles. The quantitative estimate of drug-likeness (QED) is 0.169. The monoisotopic (exact) mass is 754 g/mol. The van der Waals surface area contributed by atoms with Crippen LogP contribution in [0.25, 0.3) is 100 Å². The SMILES string of the molecule is Cc1ccccc1-n1c2ccc(-c3cc(C#N)cc(-n4c5ccccc5c5ccccc54)c3)cc2c2cc(-c3nc(-c4ccccc4)nc(-c4ccccc4)n3)ccc21. The fourth-order valence-corrected chi connectivity index (χ4v) is 8.53. The third-order valence-corrected chi connectivity index (χ3v) is 11.3. The molecule has 11 rings (SSSR count). The topological polar surface area (TPSA) is 72.3 Å². The molecule has 11 aromatic rings. The third-order valence-electron chi connectivity index (χ3n) is 11.3. The van der Waals surface area contributed by atoms with E-state index in [1.165, 1.54) is 16.3 Å². The van der Waals surface area contributed by atoms with E-state index in [2.05, 4.69) is 137 Å². The average molecular weight is 755 g/mol. The lowest BCUT2D eigenvalue weighted by Gasteiger charge is -2.13. The van der Waals surface area contributed by atoms with Crippen LogP contribution < -0.4 is 0 Å². The Kier molecular flexibility index (Phi) is 7.99. The van der Waals surface area contributed by atoms with Crippen LogP contribution in [0.2, 0.25) is 0 Å². The number of hydrogen-bond acceptors (Lipinski definition) is 4. The highest BCUT2D eigenvalue weighted by molar-refractivity contribution is 6.12. The molecule has 0 saturated heterocycles. The summed E-state index contributed by atoms with van der Waals surface area (Å²) in [6.07, 6.45) is 0. The molecular weight excluding hydrogens is 721 g/mol. The van der Waals surface area contributed by atoms with Gasteiger partial charge in [0, 0.05) is 49.6 Å². The molecule has 0 aliphatic rings. The van der Waals surface area contributed by atoms with Gasteiger partial charge in [0.1, 0.15) is 0 Å². The van der Waals surface area contributed by atoms with Crippen LogP contribution in [-0.4, -0.2) is 24.1 Å². The van der Waals surface area contributed by atoms with Crippen molar-refractivity contribution in [1.82, 2.24) is 24.1 Å². The zero-order valence-electron chi connectivity index (χ0n) is 32.1. The van der Waals surface area contributed by atoms with Crippen molar-refractivity contribution >= 4 is 43.6 Å². The molecule has 0 amide bonds. The maximum absolute atomic E-state index is 10.4. The minimum atomic E-state index is 0.599. The van der Waals surface area contributed by atoms with Gasteiger partial charge in [0.05, 0.1) is 33.7 Å². The van der Waals surface area contributed by atoms with Crippen LogP contribution in [0.3, 0.4) is 0 Å². The Balaban J connectivity index is 1.14. The molecule has 3 heterocycles. The van der Waals surface area contributed by atoms with Gasteiger partial charge in [-0.2, -0.15) is 5.26 Å². The molecule has 0 spiro atoms. The second-order valence-electron chi connectivity index (χ2n) is 14.9. The first-order valence-electron chi connectivity index (χ1n) is 19.7. The Morgan fingerprint density at radius 1 is 0.390 bits per heavy atom. The number of nitriles is 1. The van der Waals surface area contributed by atoms with E-state index in [0.29, 0.717) is 23.0 Å². The highest BCUT2D eigenvalue weighted by Crippen LogP contribution is 2.39.